The fourth-order valence-electron chi connectivity index (χ4n) is 1.22. The Kier molecular flexibility index (Phi) is 2.61. The number of halogens is 3. The van der Waals surface area contributed by atoms with Crippen LogP contribution in [0.4, 0.5) is 4.39 Å². The number of hydrogen-bond donors (Lipinski definition) is 1. The summed E-state index contributed by atoms with van der Waals surface area (Å²) in [6.07, 6.45) is 1.57. The Morgan fingerprint density at radius 1 is 1.43 bits per heavy atom. The van der Waals surface area contributed by atoms with E-state index in [0.29, 0.717) is 13.6 Å². The second kappa shape index (κ2) is 3.62. The van der Waals surface area contributed by atoms with E-state index in [4.69, 9.17) is 0 Å². The van der Waals surface area contributed by atoms with Crippen LogP contribution in [0, 0.1) is 9.39 Å². The van der Waals surface area contributed by atoms with Crippen molar-refractivity contribution in [3.8, 4) is 0 Å². The van der Waals surface area contributed by atoms with Gasteiger partial charge in [-0.3, -0.25) is 4.79 Å². The first-order valence-electron chi connectivity index (χ1n) is 3.76. The molecule has 0 radical (unpaired) electrons. The quantitative estimate of drug-likeness (QED) is 0.713. The van der Waals surface area contributed by atoms with Gasteiger partial charge in [-0.05, 0) is 50.7 Å². The zero-order chi connectivity index (χ0) is 10.3. The van der Waals surface area contributed by atoms with E-state index in [1.807, 2.05) is 22.6 Å². The fraction of sp³-hybridized carbons (Fsp3) is 0. The minimum absolute atomic E-state index is 0.103. The van der Waals surface area contributed by atoms with E-state index in [9.17, 15) is 9.18 Å². The van der Waals surface area contributed by atoms with Gasteiger partial charge in [0, 0.05) is 6.20 Å². The molecule has 1 aromatic heterocycles. The van der Waals surface area contributed by atoms with Crippen LogP contribution < -0.4 is 5.43 Å². The van der Waals surface area contributed by atoms with Crippen molar-refractivity contribution >= 4 is 49.4 Å². The highest BCUT2D eigenvalue weighted by Gasteiger charge is 2.10. The summed E-state index contributed by atoms with van der Waals surface area (Å²) < 4.78 is 14.4. The fourth-order valence-corrected chi connectivity index (χ4v) is 1.97. The van der Waals surface area contributed by atoms with Gasteiger partial charge in [0.2, 0.25) is 5.43 Å². The largest absolute Gasteiger partial charge is 0.360 e. The van der Waals surface area contributed by atoms with Gasteiger partial charge in [0.1, 0.15) is 0 Å². The monoisotopic (exact) mass is 367 g/mol. The van der Waals surface area contributed by atoms with Crippen LogP contribution in [0.3, 0.4) is 0 Å². The predicted molar refractivity (Wildman–Crippen MR) is 64.9 cm³/mol. The lowest BCUT2D eigenvalue weighted by atomic mass is 10.2. The zero-order valence-corrected chi connectivity index (χ0v) is 10.5. The third-order valence-electron chi connectivity index (χ3n) is 1.89. The summed E-state index contributed by atoms with van der Waals surface area (Å²) in [6, 6.07) is 3.24. The molecule has 0 spiro atoms. The summed E-state index contributed by atoms with van der Waals surface area (Å²) in [6.45, 7) is 0. The Morgan fingerprint density at radius 2 is 2.14 bits per heavy atom. The number of nitrogens with one attached hydrogen (secondary N) is 1. The second-order valence-electron chi connectivity index (χ2n) is 2.75. The summed E-state index contributed by atoms with van der Waals surface area (Å²) in [7, 11) is 0. The molecule has 2 nitrogen and oxygen atoms in total. The van der Waals surface area contributed by atoms with E-state index >= 15 is 0 Å². The minimum atomic E-state index is -0.512. The molecule has 0 bridgehead atoms. The molecule has 2 rings (SSSR count). The molecule has 0 unspecified atom stereocenters. The topological polar surface area (TPSA) is 32.9 Å². The molecule has 0 saturated heterocycles. The van der Waals surface area contributed by atoms with Crippen molar-refractivity contribution in [1.82, 2.24) is 4.98 Å². The van der Waals surface area contributed by atoms with E-state index in [0.717, 1.165) is 0 Å². The Labute approximate surface area is 101 Å². The molecule has 72 valence electrons. The average molecular weight is 368 g/mol. The molecule has 5 heteroatoms. The van der Waals surface area contributed by atoms with Crippen LogP contribution in [0.15, 0.2) is 27.6 Å². The minimum Gasteiger partial charge on any atom is -0.360 e. The summed E-state index contributed by atoms with van der Waals surface area (Å²) in [5, 5.41) is 0.103. The smallest absolute Gasteiger partial charge is 0.205 e. The van der Waals surface area contributed by atoms with Crippen molar-refractivity contribution in [2.24, 2.45) is 0 Å². The molecule has 0 saturated carbocycles. The van der Waals surface area contributed by atoms with Gasteiger partial charge in [-0.15, -0.1) is 0 Å². The number of rotatable bonds is 0. The first kappa shape index (κ1) is 10.1. The van der Waals surface area contributed by atoms with Gasteiger partial charge >= 0.3 is 0 Å². The van der Waals surface area contributed by atoms with E-state index < -0.39 is 5.82 Å². The van der Waals surface area contributed by atoms with Crippen molar-refractivity contribution < 1.29 is 4.39 Å². The molecule has 0 aliphatic heterocycles. The third-order valence-corrected chi connectivity index (χ3v) is 3.31. The molecule has 2 aromatic rings. The van der Waals surface area contributed by atoms with Crippen molar-refractivity contribution in [2.45, 2.75) is 0 Å². The van der Waals surface area contributed by atoms with Gasteiger partial charge in [-0.1, -0.05) is 0 Å². The lowest BCUT2D eigenvalue weighted by Gasteiger charge is -2.01. The summed E-state index contributed by atoms with van der Waals surface area (Å²) in [5.74, 6) is -0.512. The molecule has 1 heterocycles. The molecule has 14 heavy (non-hydrogen) atoms. The standard InChI is InChI=1S/C9H4BrFINO/c10-4-1-2-6-7(8(4)11)9(14)5(12)3-13-6/h1-3H,(H,13,14). The number of hydrogen-bond acceptors (Lipinski definition) is 1. The number of aromatic amines is 1. The number of H-pyrrole nitrogens is 1. The number of pyridine rings is 1. The van der Waals surface area contributed by atoms with Gasteiger partial charge in [-0.25, -0.2) is 4.39 Å². The van der Waals surface area contributed by atoms with Crippen molar-refractivity contribution in [3.05, 3.63) is 42.4 Å². The molecular formula is C9H4BrFINO. The molecule has 0 aliphatic rings. The third kappa shape index (κ3) is 1.48. The highest BCUT2D eigenvalue weighted by molar-refractivity contribution is 14.1. The van der Waals surface area contributed by atoms with E-state index in [2.05, 4.69) is 20.9 Å². The number of benzene rings is 1. The van der Waals surface area contributed by atoms with Crippen LogP contribution in [-0.2, 0) is 0 Å². The normalized spacial score (nSPS) is 10.8. The predicted octanol–water partition coefficient (Wildman–Crippen LogP) is 3.03. The highest BCUT2D eigenvalue weighted by atomic mass is 127. The Morgan fingerprint density at radius 3 is 2.86 bits per heavy atom. The molecule has 0 aliphatic carbocycles. The van der Waals surface area contributed by atoms with Crippen LogP contribution in [0.1, 0.15) is 0 Å². The molecule has 0 fully saturated rings. The van der Waals surface area contributed by atoms with Gasteiger partial charge in [0.05, 0.1) is 18.9 Å². The van der Waals surface area contributed by atoms with Gasteiger partial charge < -0.3 is 4.98 Å². The van der Waals surface area contributed by atoms with E-state index in [1.165, 1.54) is 0 Å². The van der Waals surface area contributed by atoms with E-state index in [1.54, 1.807) is 18.3 Å². The Hall–Kier alpha value is -0.430. The summed E-state index contributed by atoms with van der Waals surface area (Å²) in [5.41, 5.74) is 0.231. The first-order valence-corrected chi connectivity index (χ1v) is 5.63. The van der Waals surface area contributed by atoms with Crippen LogP contribution in [-0.4, -0.2) is 4.98 Å². The Bertz CT molecular complexity index is 561. The van der Waals surface area contributed by atoms with Crippen molar-refractivity contribution in [3.63, 3.8) is 0 Å². The number of aromatic nitrogens is 1. The van der Waals surface area contributed by atoms with Crippen LogP contribution in [0.5, 0.6) is 0 Å². The van der Waals surface area contributed by atoms with Gasteiger partial charge in [0.25, 0.3) is 0 Å². The van der Waals surface area contributed by atoms with Crippen LogP contribution >= 0.6 is 38.5 Å². The maximum Gasteiger partial charge on any atom is 0.205 e. The Balaban J connectivity index is 3.06. The highest BCUT2D eigenvalue weighted by Crippen LogP contribution is 2.21. The van der Waals surface area contributed by atoms with Gasteiger partial charge in [0.15, 0.2) is 5.82 Å². The van der Waals surface area contributed by atoms with Crippen molar-refractivity contribution in [2.75, 3.05) is 0 Å². The van der Waals surface area contributed by atoms with E-state index in [-0.39, 0.29) is 10.8 Å². The molecule has 0 amide bonds. The first-order chi connectivity index (χ1) is 6.61. The molecular weight excluding hydrogens is 364 g/mol. The van der Waals surface area contributed by atoms with Crippen LogP contribution in [0.2, 0.25) is 0 Å². The van der Waals surface area contributed by atoms with Crippen molar-refractivity contribution in [1.29, 1.82) is 0 Å². The molecule has 0 atom stereocenters. The lowest BCUT2D eigenvalue weighted by Crippen LogP contribution is -2.08. The lowest BCUT2D eigenvalue weighted by molar-refractivity contribution is 0.632. The second-order valence-corrected chi connectivity index (χ2v) is 4.77. The molecule has 1 N–H and O–H groups in total. The molecule has 1 aromatic carbocycles. The summed E-state index contributed by atoms with van der Waals surface area (Å²) >= 11 is 4.92. The number of fused-ring (bicyclic) bond motifs is 1. The average Bonchev–Trinajstić information content (AvgIpc) is 2.17. The van der Waals surface area contributed by atoms with Crippen LogP contribution in [0.25, 0.3) is 10.9 Å². The maximum atomic E-state index is 13.6. The SMILES string of the molecule is O=c1c(I)c[nH]c2ccc(Br)c(F)c12. The summed E-state index contributed by atoms with van der Waals surface area (Å²) in [4.78, 5) is 14.5. The maximum absolute atomic E-state index is 13.6. The zero-order valence-electron chi connectivity index (χ0n) is 6.77. The van der Waals surface area contributed by atoms with Gasteiger partial charge in [-0.2, -0.15) is 0 Å².